The summed E-state index contributed by atoms with van der Waals surface area (Å²) < 4.78 is 16.2. The number of hydrogen-bond acceptors (Lipinski definition) is 1. The van der Waals surface area contributed by atoms with Crippen LogP contribution >= 0.6 is 0 Å². The molecule has 1 rings (SSSR count). The first kappa shape index (κ1) is 10.0. The van der Waals surface area contributed by atoms with Crippen molar-refractivity contribution in [1.29, 1.82) is 0 Å². The number of halogens is 1. The summed E-state index contributed by atoms with van der Waals surface area (Å²) in [6, 6.07) is 7.49. The number of rotatable bonds is 5. The van der Waals surface area contributed by atoms with Gasteiger partial charge in [-0.3, -0.25) is 0 Å². The van der Waals surface area contributed by atoms with Crippen LogP contribution in [-0.4, -0.2) is 0 Å². The zero-order valence-electron chi connectivity index (χ0n) is 7.79. The first-order valence-electron chi connectivity index (χ1n) is 4.54. The van der Waals surface area contributed by atoms with Gasteiger partial charge in [0.15, 0.2) is 0 Å². The molecule has 1 nitrogen and oxygen atoms in total. The number of hydrogen-bond donors (Lipinski definition) is 0. The van der Waals surface area contributed by atoms with E-state index in [1.165, 1.54) is 18.4 Å². The molecule has 71 valence electrons. The molecule has 0 bridgehead atoms. The lowest BCUT2D eigenvalue weighted by Gasteiger charge is -2.02. The van der Waals surface area contributed by atoms with E-state index in [-0.39, 0.29) is 6.86 Å². The van der Waals surface area contributed by atoms with E-state index < -0.39 is 0 Å². The first-order valence-corrected chi connectivity index (χ1v) is 4.54. The van der Waals surface area contributed by atoms with Crippen LogP contribution in [0, 0.1) is 6.86 Å². The van der Waals surface area contributed by atoms with Gasteiger partial charge in [0, 0.05) is 0 Å². The summed E-state index contributed by atoms with van der Waals surface area (Å²) in [7, 11) is 0. The normalized spacial score (nSPS) is 10.0. The molecule has 0 atom stereocenters. The second kappa shape index (κ2) is 5.57. The second-order valence-corrected chi connectivity index (χ2v) is 2.95. The predicted octanol–water partition coefficient (Wildman–Crippen LogP) is 3.50. The molecule has 0 aliphatic heterocycles. The maximum Gasteiger partial charge on any atom is 0.304 e. The second-order valence-electron chi connectivity index (χ2n) is 2.95. The van der Waals surface area contributed by atoms with Crippen LogP contribution in [0.5, 0.6) is 5.75 Å². The Bertz CT molecular complexity index is 230. The highest BCUT2D eigenvalue weighted by atomic mass is 19.1. The number of aryl methyl sites for hydroxylation is 1. The summed E-state index contributed by atoms with van der Waals surface area (Å²) >= 11 is 0. The zero-order chi connectivity index (χ0) is 9.52. The van der Waals surface area contributed by atoms with Crippen molar-refractivity contribution in [2.45, 2.75) is 26.2 Å². The van der Waals surface area contributed by atoms with Crippen molar-refractivity contribution < 1.29 is 9.13 Å². The summed E-state index contributed by atoms with van der Waals surface area (Å²) in [5, 5.41) is 0. The molecule has 2 heteroatoms. The van der Waals surface area contributed by atoms with Gasteiger partial charge in [-0.2, -0.15) is 4.39 Å². The van der Waals surface area contributed by atoms with Crippen LogP contribution in [0.25, 0.3) is 0 Å². The average Bonchev–Trinajstić information content (AvgIpc) is 2.17. The monoisotopic (exact) mass is 181 g/mol. The van der Waals surface area contributed by atoms with Crippen LogP contribution in [0.4, 0.5) is 4.39 Å². The molecule has 0 amide bonds. The van der Waals surface area contributed by atoms with Gasteiger partial charge in [0.2, 0.25) is 0 Å². The van der Waals surface area contributed by atoms with Crippen molar-refractivity contribution in [3.63, 3.8) is 0 Å². The highest BCUT2D eigenvalue weighted by Gasteiger charge is 1.94. The Morgan fingerprint density at radius 1 is 1.31 bits per heavy atom. The number of benzene rings is 1. The van der Waals surface area contributed by atoms with Crippen LogP contribution in [-0.2, 0) is 6.42 Å². The van der Waals surface area contributed by atoms with Gasteiger partial charge < -0.3 is 4.74 Å². The van der Waals surface area contributed by atoms with Crippen LogP contribution in [0.2, 0.25) is 0 Å². The quantitative estimate of drug-likeness (QED) is 0.675. The standard InChI is InChI=1S/C11H14FO/c1-2-3-4-10-5-7-11(8-6-10)13-9-12/h5-9H,2-4H2,1H3. The van der Waals surface area contributed by atoms with E-state index in [0.29, 0.717) is 5.75 Å². The summed E-state index contributed by atoms with van der Waals surface area (Å²) in [5.41, 5.74) is 1.27. The van der Waals surface area contributed by atoms with Crippen molar-refractivity contribution in [3.05, 3.63) is 36.7 Å². The smallest absolute Gasteiger partial charge is 0.304 e. The minimum atomic E-state index is 0.195. The molecular formula is C11H14FO. The zero-order valence-corrected chi connectivity index (χ0v) is 7.79. The van der Waals surface area contributed by atoms with Gasteiger partial charge in [0.05, 0.1) is 0 Å². The molecule has 1 aromatic rings. The van der Waals surface area contributed by atoms with E-state index in [1.807, 2.05) is 12.1 Å². The van der Waals surface area contributed by atoms with Gasteiger partial charge >= 0.3 is 6.86 Å². The van der Waals surface area contributed by atoms with Crippen LogP contribution in [0.1, 0.15) is 25.3 Å². The lowest BCUT2D eigenvalue weighted by molar-refractivity contribution is 0.286. The fraction of sp³-hybridized carbons (Fsp3) is 0.364. The van der Waals surface area contributed by atoms with Crippen molar-refractivity contribution in [2.75, 3.05) is 0 Å². The van der Waals surface area contributed by atoms with Gasteiger partial charge in [-0.15, -0.1) is 0 Å². The van der Waals surface area contributed by atoms with Gasteiger partial charge in [0.1, 0.15) is 5.75 Å². The molecule has 0 fully saturated rings. The fourth-order valence-electron chi connectivity index (χ4n) is 1.17. The molecule has 13 heavy (non-hydrogen) atoms. The highest BCUT2D eigenvalue weighted by Crippen LogP contribution is 2.14. The van der Waals surface area contributed by atoms with Crippen LogP contribution < -0.4 is 4.74 Å². The van der Waals surface area contributed by atoms with Crippen molar-refractivity contribution in [3.8, 4) is 5.75 Å². The Labute approximate surface area is 78.5 Å². The third-order valence-electron chi connectivity index (χ3n) is 1.92. The van der Waals surface area contributed by atoms with Crippen molar-refractivity contribution >= 4 is 0 Å². The Balaban J connectivity index is 2.48. The molecule has 0 aliphatic rings. The molecular weight excluding hydrogens is 167 g/mol. The molecule has 0 saturated heterocycles. The topological polar surface area (TPSA) is 9.23 Å². The van der Waals surface area contributed by atoms with E-state index in [2.05, 4.69) is 11.7 Å². The van der Waals surface area contributed by atoms with Gasteiger partial charge in [-0.05, 0) is 30.5 Å². The Morgan fingerprint density at radius 2 is 2.00 bits per heavy atom. The molecule has 0 unspecified atom stereocenters. The van der Waals surface area contributed by atoms with Gasteiger partial charge in [-0.25, -0.2) is 0 Å². The predicted molar refractivity (Wildman–Crippen MR) is 51.1 cm³/mol. The maximum atomic E-state index is 11.6. The highest BCUT2D eigenvalue weighted by molar-refractivity contribution is 5.27. The van der Waals surface area contributed by atoms with E-state index in [4.69, 9.17) is 0 Å². The third-order valence-corrected chi connectivity index (χ3v) is 1.92. The Kier molecular flexibility index (Phi) is 4.30. The molecule has 0 spiro atoms. The summed E-state index contributed by atoms with van der Waals surface area (Å²) in [4.78, 5) is 0. The van der Waals surface area contributed by atoms with E-state index in [0.717, 1.165) is 6.42 Å². The van der Waals surface area contributed by atoms with Crippen molar-refractivity contribution in [1.82, 2.24) is 0 Å². The molecule has 1 radical (unpaired) electrons. The SMILES string of the molecule is CCCCc1ccc(O[CH]F)cc1. The average molecular weight is 181 g/mol. The Hall–Kier alpha value is -1.05. The minimum absolute atomic E-state index is 0.195. The number of unbranched alkanes of at least 4 members (excludes halogenated alkanes) is 1. The molecule has 0 aromatic heterocycles. The van der Waals surface area contributed by atoms with Crippen LogP contribution in [0.3, 0.4) is 0 Å². The van der Waals surface area contributed by atoms with Crippen LogP contribution in [0.15, 0.2) is 24.3 Å². The lowest BCUT2D eigenvalue weighted by Crippen LogP contribution is -1.87. The third kappa shape index (κ3) is 3.45. The van der Waals surface area contributed by atoms with E-state index in [9.17, 15) is 4.39 Å². The maximum absolute atomic E-state index is 11.6. The summed E-state index contributed by atoms with van der Waals surface area (Å²) in [6.07, 6.45) is 3.46. The Morgan fingerprint density at radius 3 is 2.54 bits per heavy atom. The van der Waals surface area contributed by atoms with E-state index >= 15 is 0 Å². The summed E-state index contributed by atoms with van der Waals surface area (Å²) in [5.74, 6) is 0.544. The molecule has 0 heterocycles. The van der Waals surface area contributed by atoms with E-state index in [1.54, 1.807) is 12.1 Å². The first-order chi connectivity index (χ1) is 6.36. The summed E-state index contributed by atoms with van der Waals surface area (Å²) in [6.45, 7) is 2.36. The number of ether oxygens (including phenoxy) is 1. The largest absolute Gasteiger partial charge is 0.454 e. The van der Waals surface area contributed by atoms with Crippen molar-refractivity contribution in [2.24, 2.45) is 0 Å². The van der Waals surface area contributed by atoms with Gasteiger partial charge in [-0.1, -0.05) is 25.5 Å². The molecule has 1 aromatic carbocycles. The van der Waals surface area contributed by atoms with Gasteiger partial charge in [0.25, 0.3) is 0 Å². The molecule has 0 saturated carbocycles. The lowest BCUT2D eigenvalue weighted by atomic mass is 10.1. The minimum Gasteiger partial charge on any atom is -0.454 e. The molecule has 0 aliphatic carbocycles. The fourth-order valence-corrected chi connectivity index (χ4v) is 1.17. The molecule has 0 N–H and O–H groups in total.